The van der Waals surface area contributed by atoms with E-state index in [2.05, 4.69) is 18.0 Å². The summed E-state index contributed by atoms with van der Waals surface area (Å²) in [4.78, 5) is 16.4. The molecular formula is C19H18N4O2. The fourth-order valence-electron chi connectivity index (χ4n) is 2.63. The van der Waals surface area contributed by atoms with Crippen LogP contribution in [0.5, 0.6) is 0 Å². The highest BCUT2D eigenvalue weighted by Gasteiger charge is 2.16. The van der Waals surface area contributed by atoms with Crippen molar-refractivity contribution in [2.24, 2.45) is 0 Å². The predicted molar refractivity (Wildman–Crippen MR) is 95.7 cm³/mol. The van der Waals surface area contributed by atoms with Gasteiger partial charge in [-0.15, -0.1) is 0 Å². The molecule has 0 aliphatic heterocycles. The lowest BCUT2D eigenvalue weighted by Crippen LogP contribution is -2.18. The fourth-order valence-corrected chi connectivity index (χ4v) is 2.63. The molecule has 0 aliphatic rings. The molecule has 0 spiro atoms. The van der Waals surface area contributed by atoms with Crippen molar-refractivity contribution in [2.75, 3.05) is 5.73 Å². The smallest absolute Gasteiger partial charge is 0.250 e. The summed E-state index contributed by atoms with van der Waals surface area (Å²) in [6, 6.07) is 10.5. The summed E-state index contributed by atoms with van der Waals surface area (Å²) in [7, 11) is 0. The molecule has 126 valence electrons. The Morgan fingerprint density at radius 3 is 2.88 bits per heavy atom. The molecule has 6 heteroatoms. The number of pyridine rings is 2. The van der Waals surface area contributed by atoms with Gasteiger partial charge in [0.15, 0.2) is 5.76 Å². The number of nitrogens with zero attached hydrogens (tertiary/aromatic N) is 3. The number of rotatable bonds is 5. The quantitative estimate of drug-likeness (QED) is 0.771. The highest BCUT2D eigenvalue weighted by Crippen LogP contribution is 2.32. The Labute approximate surface area is 145 Å². The van der Waals surface area contributed by atoms with Crippen LogP contribution in [0.1, 0.15) is 25.3 Å². The second-order valence-corrected chi connectivity index (χ2v) is 5.71. The Morgan fingerprint density at radius 1 is 1.36 bits per heavy atom. The molecule has 3 heterocycles. The summed E-state index contributed by atoms with van der Waals surface area (Å²) < 4.78 is 7.13. The Morgan fingerprint density at radius 2 is 2.20 bits per heavy atom. The van der Waals surface area contributed by atoms with Gasteiger partial charge in [-0.1, -0.05) is 13.3 Å². The van der Waals surface area contributed by atoms with Gasteiger partial charge in [-0.25, -0.2) is 4.98 Å². The van der Waals surface area contributed by atoms with Crippen molar-refractivity contribution in [1.82, 2.24) is 9.55 Å². The first-order valence-electron chi connectivity index (χ1n) is 8.09. The average Bonchev–Trinajstić information content (AvgIpc) is 3.15. The van der Waals surface area contributed by atoms with Gasteiger partial charge in [0.05, 0.1) is 11.8 Å². The van der Waals surface area contributed by atoms with Gasteiger partial charge in [-0.3, -0.25) is 4.79 Å². The van der Waals surface area contributed by atoms with Crippen molar-refractivity contribution < 1.29 is 4.42 Å². The summed E-state index contributed by atoms with van der Waals surface area (Å²) in [6.07, 6.45) is 5.25. The van der Waals surface area contributed by atoms with E-state index in [0.29, 0.717) is 23.6 Å². The maximum Gasteiger partial charge on any atom is 0.250 e. The zero-order valence-electron chi connectivity index (χ0n) is 13.9. The van der Waals surface area contributed by atoms with E-state index in [0.717, 1.165) is 18.4 Å². The third-order valence-electron chi connectivity index (χ3n) is 3.97. The second kappa shape index (κ2) is 7.05. The summed E-state index contributed by atoms with van der Waals surface area (Å²) in [6.45, 7) is 2.72. The third kappa shape index (κ3) is 3.31. The first kappa shape index (κ1) is 16.5. The van der Waals surface area contributed by atoms with Crippen molar-refractivity contribution in [2.45, 2.75) is 26.3 Å². The summed E-state index contributed by atoms with van der Waals surface area (Å²) in [5, 5.41) is 9.28. The molecule has 0 saturated heterocycles. The molecule has 0 aliphatic carbocycles. The maximum absolute atomic E-state index is 12.1. The standard InChI is InChI=1S/C19H18N4O2/c1-2-3-8-23-12-13(6-7-17(23)24)15-10-14(11-20)19(21)22-18(15)16-5-4-9-25-16/h4-7,9-10,12H,2-3,8H2,1H3,(H2,21,22). The molecule has 0 fully saturated rings. The minimum Gasteiger partial charge on any atom is -0.463 e. The number of aromatic nitrogens is 2. The maximum atomic E-state index is 12.1. The van der Waals surface area contributed by atoms with Crippen LogP contribution >= 0.6 is 0 Å². The molecule has 25 heavy (non-hydrogen) atoms. The number of aryl methyl sites for hydroxylation is 1. The minimum atomic E-state index is -0.0549. The molecule has 0 radical (unpaired) electrons. The monoisotopic (exact) mass is 334 g/mol. The number of nitriles is 1. The van der Waals surface area contributed by atoms with Crippen LogP contribution in [0.3, 0.4) is 0 Å². The molecule has 0 unspecified atom stereocenters. The number of furan rings is 1. The zero-order chi connectivity index (χ0) is 17.8. The number of unbranched alkanes of at least 4 members (excludes halogenated alkanes) is 1. The molecule has 6 nitrogen and oxygen atoms in total. The Hall–Kier alpha value is -3.33. The van der Waals surface area contributed by atoms with E-state index in [9.17, 15) is 10.1 Å². The molecular weight excluding hydrogens is 316 g/mol. The van der Waals surface area contributed by atoms with Crippen LogP contribution in [-0.2, 0) is 6.54 Å². The average molecular weight is 334 g/mol. The third-order valence-corrected chi connectivity index (χ3v) is 3.97. The van der Waals surface area contributed by atoms with E-state index in [1.807, 2.05) is 0 Å². The molecule has 0 atom stereocenters. The van der Waals surface area contributed by atoms with Gasteiger partial charge in [-0.05, 0) is 30.7 Å². The van der Waals surface area contributed by atoms with Gasteiger partial charge in [0, 0.05) is 29.9 Å². The molecule has 0 saturated carbocycles. The van der Waals surface area contributed by atoms with E-state index in [4.69, 9.17) is 10.2 Å². The summed E-state index contributed by atoms with van der Waals surface area (Å²) >= 11 is 0. The number of nitrogen functional groups attached to an aromatic ring is 1. The van der Waals surface area contributed by atoms with E-state index in [1.165, 1.54) is 6.07 Å². The van der Waals surface area contributed by atoms with Crippen LogP contribution in [0.15, 0.2) is 52.0 Å². The van der Waals surface area contributed by atoms with Gasteiger partial charge in [0.2, 0.25) is 0 Å². The zero-order valence-corrected chi connectivity index (χ0v) is 13.9. The molecule has 3 aromatic heterocycles. The van der Waals surface area contributed by atoms with Crippen LogP contribution in [-0.4, -0.2) is 9.55 Å². The molecule has 3 aromatic rings. The summed E-state index contributed by atoms with van der Waals surface area (Å²) in [5.41, 5.74) is 8.13. The molecule has 3 rings (SSSR count). The Bertz CT molecular complexity index is 982. The van der Waals surface area contributed by atoms with Crippen LogP contribution in [0.25, 0.3) is 22.6 Å². The number of hydrogen-bond acceptors (Lipinski definition) is 5. The van der Waals surface area contributed by atoms with Crippen molar-refractivity contribution in [3.8, 4) is 28.7 Å². The van der Waals surface area contributed by atoms with E-state index >= 15 is 0 Å². The SMILES string of the molecule is CCCCn1cc(-c2cc(C#N)c(N)nc2-c2ccco2)ccc1=O. The van der Waals surface area contributed by atoms with Gasteiger partial charge in [0.1, 0.15) is 17.6 Å². The molecule has 0 aromatic carbocycles. The lowest BCUT2D eigenvalue weighted by Gasteiger charge is -2.12. The van der Waals surface area contributed by atoms with Crippen molar-refractivity contribution in [3.63, 3.8) is 0 Å². The lowest BCUT2D eigenvalue weighted by atomic mass is 10.0. The molecule has 0 amide bonds. The normalized spacial score (nSPS) is 10.6. The number of hydrogen-bond donors (Lipinski definition) is 1. The lowest BCUT2D eigenvalue weighted by molar-refractivity contribution is 0.580. The Kier molecular flexibility index (Phi) is 4.66. The van der Waals surface area contributed by atoms with Gasteiger partial charge in [0.25, 0.3) is 5.56 Å². The van der Waals surface area contributed by atoms with E-state index in [-0.39, 0.29) is 16.9 Å². The fraction of sp³-hybridized carbons (Fsp3) is 0.211. The summed E-state index contributed by atoms with van der Waals surface area (Å²) in [5.74, 6) is 0.703. The number of nitrogens with two attached hydrogens (primary N) is 1. The highest BCUT2D eigenvalue weighted by atomic mass is 16.3. The topological polar surface area (TPSA) is 97.8 Å². The largest absolute Gasteiger partial charge is 0.463 e. The van der Waals surface area contributed by atoms with Crippen molar-refractivity contribution in [1.29, 1.82) is 5.26 Å². The van der Waals surface area contributed by atoms with Crippen molar-refractivity contribution in [3.05, 3.63) is 58.7 Å². The van der Waals surface area contributed by atoms with Gasteiger partial charge in [-0.2, -0.15) is 5.26 Å². The first-order valence-corrected chi connectivity index (χ1v) is 8.09. The van der Waals surface area contributed by atoms with E-state index in [1.54, 1.807) is 41.3 Å². The predicted octanol–water partition coefficient (Wildman–Crippen LogP) is 3.42. The van der Waals surface area contributed by atoms with Crippen molar-refractivity contribution >= 4 is 5.82 Å². The van der Waals surface area contributed by atoms with E-state index < -0.39 is 0 Å². The molecule has 0 bridgehead atoms. The van der Waals surface area contributed by atoms with Gasteiger partial charge < -0.3 is 14.7 Å². The van der Waals surface area contributed by atoms with Gasteiger partial charge >= 0.3 is 0 Å². The van der Waals surface area contributed by atoms with Crippen LogP contribution in [0.2, 0.25) is 0 Å². The molecule has 2 N–H and O–H groups in total. The van der Waals surface area contributed by atoms with Crippen LogP contribution in [0, 0.1) is 11.3 Å². The van der Waals surface area contributed by atoms with Crippen LogP contribution < -0.4 is 11.3 Å². The number of anilines is 1. The second-order valence-electron chi connectivity index (χ2n) is 5.71. The first-order chi connectivity index (χ1) is 12.1. The highest BCUT2D eigenvalue weighted by molar-refractivity contribution is 5.81. The Balaban J connectivity index is 2.19. The van der Waals surface area contributed by atoms with Crippen LogP contribution in [0.4, 0.5) is 5.82 Å². The minimum absolute atomic E-state index is 0.0549.